The van der Waals surface area contributed by atoms with Gasteiger partial charge in [-0.05, 0) is 42.5 Å². The minimum absolute atomic E-state index is 0.0354. The van der Waals surface area contributed by atoms with Crippen molar-refractivity contribution in [2.75, 3.05) is 17.9 Å². The molecule has 0 aliphatic carbocycles. The second-order valence-electron chi connectivity index (χ2n) is 6.89. The lowest BCUT2D eigenvalue weighted by molar-refractivity contribution is 0.0950. The summed E-state index contributed by atoms with van der Waals surface area (Å²) in [6.45, 7) is 1.14. The molecule has 0 spiro atoms. The van der Waals surface area contributed by atoms with E-state index in [4.69, 9.17) is 32.7 Å². The molecule has 0 bridgehead atoms. The number of amides is 1. The lowest BCUT2D eigenvalue weighted by Gasteiger charge is -2.21. The van der Waals surface area contributed by atoms with Gasteiger partial charge in [-0.1, -0.05) is 41.4 Å². The standard InChI is InChI=1S/C22H18Cl2N2O5S/c23-16-7-8-18(24)20(12-16)32(28,29)26-17-5-1-3-14(11-17)22(27)25-13-15-4-2-6-19-21(15)31-10-9-30-19/h1-8,11-12,26H,9-10,13H2,(H,25,27). The summed E-state index contributed by atoms with van der Waals surface area (Å²) >= 11 is 11.9. The Labute approximate surface area is 195 Å². The number of fused-ring (bicyclic) bond motifs is 1. The van der Waals surface area contributed by atoms with E-state index in [1.807, 2.05) is 18.2 Å². The fourth-order valence-corrected chi connectivity index (χ4v) is 4.98. The Morgan fingerprint density at radius 2 is 1.75 bits per heavy atom. The minimum atomic E-state index is -4.00. The quantitative estimate of drug-likeness (QED) is 0.528. The molecule has 0 unspecified atom stereocenters. The molecule has 0 saturated heterocycles. The highest BCUT2D eigenvalue weighted by molar-refractivity contribution is 7.92. The molecule has 3 aromatic carbocycles. The Morgan fingerprint density at radius 1 is 0.969 bits per heavy atom. The maximum Gasteiger partial charge on any atom is 0.263 e. The van der Waals surface area contributed by atoms with Crippen molar-refractivity contribution in [3.8, 4) is 11.5 Å². The average molecular weight is 493 g/mol. The normalized spacial score (nSPS) is 12.8. The molecule has 2 N–H and O–H groups in total. The number of hydrogen-bond acceptors (Lipinski definition) is 5. The molecule has 32 heavy (non-hydrogen) atoms. The van der Waals surface area contributed by atoms with Crippen molar-refractivity contribution in [1.82, 2.24) is 5.32 Å². The van der Waals surface area contributed by atoms with Crippen molar-refractivity contribution < 1.29 is 22.7 Å². The van der Waals surface area contributed by atoms with Crippen LogP contribution in [0.2, 0.25) is 10.0 Å². The van der Waals surface area contributed by atoms with Crippen molar-refractivity contribution in [2.24, 2.45) is 0 Å². The van der Waals surface area contributed by atoms with Gasteiger partial charge < -0.3 is 14.8 Å². The predicted octanol–water partition coefficient (Wildman–Crippen LogP) is 4.50. The number of rotatable bonds is 6. The van der Waals surface area contributed by atoms with Crippen molar-refractivity contribution in [3.63, 3.8) is 0 Å². The zero-order chi connectivity index (χ0) is 22.7. The summed E-state index contributed by atoms with van der Waals surface area (Å²) in [5.41, 5.74) is 1.27. The van der Waals surface area contributed by atoms with E-state index in [0.717, 1.165) is 5.56 Å². The van der Waals surface area contributed by atoms with Crippen molar-refractivity contribution >= 4 is 44.8 Å². The van der Waals surface area contributed by atoms with Gasteiger partial charge in [0.2, 0.25) is 0 Å². The number of nitrogens with one attached hydrogen (secondary N) is 2. The second kappa shape index (κ2) is 9.28. The molecule has 3 aromatic rings. The fourth-order valence-electron chi connectivity index (χ4n) is 3.17. The number of ether oxygens (including phenoxy) is 2. The van der Waals surface area contributed by atoms with E-state index in [1.54, 1.807) is 12.1 Å². The van der Waals surface area contributed by atoms with E-state index in [9.17, 15) is 13.2 Å². The van der Waals surface area contributed by atoms with E-state index >= 15 is 0 Å². The molecule has 0 saturated carbocycles. The third-order valence-electron chi connectivity index (χ3n) is 4.65. The highest BCUT2D eigenvalue weighted by Crippen LogP contribution is 2.33. The van der Waals surface area contributed by atoms with Crippen LogP contribution < -0.4 is 19.5 Å². The Bertz CT molecular complexity index is 1280. The number of halogens is 2. The molecule has 0 fully saturated rings. The maximum atomic E-state index is 12.7. The zero-order valence-electron chi connectivity index (χ0n) is 16.6. The van der Waals surface area contributed by atoms with Crippen LogP contribution in [0, 0.1) is 0 Å². The van der Waals surface area contributed by atoms with Crippen LogP contribution >= 0.6 is 23.2 Å². The van der Waals surface area contributed by atoms with Gasteiger partial charge in [0.15, 0.2) is 11.5 Å². The molecule has 0 atom stereocenters. The molecule has 7 nitrogen and oxygen atoms in total. The highest BCUT2D eigenvalue weighted by Gasteiger charge is 2.20. The van der Waals surface area contributed by atoms with Gasteiger partial charge in [-0.15, -0.1) is 0 Å². The van der Waals surface area contributed by atoms with Crippen LogP contribution in [0.3, 0.4) is 0 Å². The first-order valence-electron chi connectivity index (χ1n) is 9.57. The Hall–Kier alpha value is -2.94. The molecular weight excluding hydrogens is 475 g/mol. The number of carbonyl (C=O) groups is 1. The van der Waals surface area contributed by atoms with Crippen LogP contribution in [0.1, 0.15) is 15.9 Å². The molecule has 0 radical (unpaired) electrons. The van der Waals surface area contributed by atoms with Crippen LogP contribution in [0.15, 0.2) is 65.6 Å². The van der Waals surface area contributed by atoms with Crippen LogP contribution in [0.4, 0.5) is 5.69 Å². The van der Waals surface area contributed by atoms with Gasteiger partial charge in [-0.3, -0.25) is 9.52 Å². The van der Waals surface area contributed by atoms with Crippen LogP contribution in [-0.4, -0.2) is 27.5 Å². The van der Waals surface area contributed by atoms with Crippen molar-refractivity contribution in [1.29, 1.82) is 0 Å². The van der Waals surface area contributed by atoms with Gasteiger partial charge >= 0.3 is 0 Å². The van der Waals surface area contributed by atoms with Crippen molar-refractivity contribution in [3.05, 3.63) is 81.8 Å². The highest BCUT2D eigenvalue weighted by atomic mass is 35.5. The third-order valence-corrected chi connectivity index (χ3v) is 6.74. The lowest BCUT2D eigenvalue weighted by Crippen LogP contribution is -2.24. The number of benzene rings is 3. The van der Waals surface area contributed by atoms with E-state index in [1.165, 1.54) is 30.3 Å². The lowest BCUT2D eigenvalue weighted by atomic mass is 10.1. The van der Waals surface area contributed by atoms with Gasteiger partial charge in [-0.2, -0.15) is 0 Å². The first-order valence-corrected chi connectivity index (χ1v) is 11.8. The molecule has 4 rings (SSSR count). The SMILES string of the molecule is O=C(NCc1cccc2c1OCCO2)c1cccc(NS(=O)(=O)c2cc(Cl)ccc2Cl)c1. The first kappa shape index (κ1) is 22.3. The molecule has 1 heterocycles. The molecule has 1 amide bonds. The van der Waals surface area contributed by atoms with E-state index in [-0.39, 0.29) is 38.6 Å². The van der Waals surface area contributed by atoms with Crippen molar-refractivity contribution in [2.45, 2.75) is 11.4 Å². The Kier molecular flexibility index (Phi) is 6.45. The number of para-hydroxylation sites is 1. The fraction of sp³-hybridized carbons (Fsp3) is 0.136. The zero-order valence-corrected chi connectivity index (χ0v) is 18.9. The van der Waals surface area contributed by atoms with Crippen LogP contribution in [0.25, 0.3) is 0 Å². The van der Waals surface area contributed by atoms with E-state index in [0.29, 0.717) is 24.7 Å². The van der Waals surface area contributed by atoms with E-state index in [2.05, 4.69) is 10.0 Å². The first-order chi connectivity index (χ1) is 15.3. The van der Waals surface area contributed by atoms with Crippen LogP contribution in [0.5, 0.6) is 11.5 Å². The van der Waals surface area contributed by atoms with Crippen LogP contribution in [-0.2, 0) is 16.6 Å². The van der Waals surface area contributed by atoms with Gasteiger partial charge in [0.25, 0.3) is 15.9 Å². The summed E-state index contributed by atoms with van der Waals surface area (Å²) in [5.74, 6) is 0.874. The monoisotopic (exact) mass is 492 g/mol. The minimum Gasteiger partial charge on any atom is -0.486 e. The summed E-state index contributed by atoms with van der Waals surface area (Å²) in [6.07, 6.45) is 0. The number of hydrogen-bond donors (Lipinski definition) is 2. The van der Waals surface area contributed by atoms with Gasteiger partial charge in [0.05, 0.1) is 5.02 Å². The largest absolute Gasteiger partial charge is 0.486 e. The summed E-state index contributed by atoms with van der Waals surface area (Å²) < 4.78 is 39.1. The maximum absolute atomic E-state index is 12.7. The van der Waals surface area contributed by atoms with Gasteiger partial charge in [0, 0.05) is 28.4 Å². The third kappa shape index (κ3) is 4.93. The Balaban J connectivity index is 1.48. The number of sulfonamides is 1. The topological polar surface area (TPSA) is 93.7 Å². The summed E-state index contributed by atoms with van der Waals surface area (Å²) in [6, 6.07) is 15.8. The molecule has 10 heteroatoms. The van der Waals surface area contributed by atoms with E-state index < -0.39 is 10.0 Å². The second-order valence-corrected chi connectivity index (χ2v) is 9.38. The smallest absolute Gasteiger partial charge is 0.263 e. The number of carbonyl (C=O) groups excluding carboxylic acids is 1. The molecule has 0 aromatic heterocycles. The Morgan fingerprint density at radius 3 is 2.59 bits per heavy atom. The molecule has 1 aliphatic heterocycles. The summed E-state index contributed by atoms with van der Waals surface area (Å²) in [4.78, 5) is 12.5. The summed E-state index contributed by atoms with van der Waals surface area (Å²) in [5, 5.41) is 3.09. The number of anilines is 1. The van der Waals surface area contributed by atoms with Gasteiger partial charge in [-0.25, -0.2) is 8.42 Å². The molecule has 1 aliphatic rings. The van der Waals surface area contributed by atoms with Gasteiger partial charge in [0.1, 0.15) is 18.1 Å². The molecular formula is C22H18Cl2N2O5S. The predicted molar refractivity (Wildman–Crippen MR) is 122 cm³/mol. The molecule has 166 valence electrons. The average Bonchev–Trinajstić information content (AvgIpc) is 2.79. The summed E-state index contributed by atoms with van der Waals surface area (Å²) in [7, 11) is -4.00.